The fourth-order valence-corrected chi connectivity index (χ4v) is 5.47. The van der Waals surface area contributed by atoms with Gasteiger partial charge in [-0.05, 0) is 51.2 Å². The zero-order valence-corrected chi connectivity index (χ0v) is 19.7. The van der Waals surface area contributed by atoms with Gasteiger partial charge in [-0.15, -0.1) is 0 Å². The van der Waals surface area contributed by atoms with Gasteiger partial charge in [-0.3, -0.25) is 4.79 Å². The van der Waals surface area contributed by atoms with Crippen LogP contribution < -0.4 is 15.0 Å². The first-order chi connectivity index (χ1) is 15.7. The van der Waals surface area contributed by atoms with E-state index in [-0.39, 0.29) is 42.9 Å². The number of hydrogen-bond acceptors (Lipinski definition) is 6. The van der Waals surface area contributed by atoms with Gasteiger partial charge in [0.05, 0.1) is 35.6 Å². The lowest BCUT2D eigenvalue weighted by molar-refractivity contribution is -0.120. The zero-order valence-electron chi connectivity index (χ0n) is 18.9. The number of anilines is 1. The minimum atomic E-state index is -2.74. The van der Waals surface area contributed by atoms with Crippen LogP contribution in [0.2, 0.25) is 0 Å². The summed E-state index contributed by atoms with van der Waals surface area (Å²) in [6, 6.07) is 3.22. The number of amides is 1. The second-order valence-corrected chi connectivity index (χ2v) is 10.0. The quantitative estimate of drug-likeness (QED) is 0.604. The molecule has 10 heteroatoms. The van der Waals surface area contributed by atoms with Crippen molar-refractivity contribution < 1.29 is 27.4 Å². The minimum absolute atomic E-state index is 0.0437. The maximum Gasteiger partial charge on any atom is 0.265 e. The molecular formula is C23H30F3N3O3S. The Morgan fingerprint density at radius 3 is 2.73 bits per heavy atom. The van der Waals surface area contributed by atoms with Crippen LogP contribution in [0, 0.1) is 5.82 Å². The first-order valence-electron chi connectivity index (χ1n) is 11.5. The molecule has 1 saturated heterocycles. The van der Waals surface area contributed by atoms with Gasteiger partial charge in [0.15, 0.2) is 16.7 Å². The van der Waals surface area contributed by atoms with Gasteiger partial charge in [-0.2, -0.15) is 0 Å². The maximum atomic E-state index is 15.2. The van der Waals surface area contributed by atoms with E-state index < -0.39 is 11.7 Å². The van der Waals surface area contributed by atoms with E-state index in [9.17, 15) is 13.6 Å². The summed E-state index contributed by atoms with van der Waals surface area (Å²) in [5, 5.41) is 3.22. The van der Waals surface area contributed by atoms with Crippen molar-refractivity contribution in [1.82, 2.24) is 10.3 Å². The predicted octanol–water partition coefficient (Wildman–Crippen LogP) is 4.90. The van der Waals surface area contributed by atoms with Gasteiger partial charge in [0.1, 0.15) is 0 Å². The molecule has 2 aliphatic rings. The Kier molecular flexibility index (Phi) is 7.33. The predicted molar refractivity (Wildman–Crippen MR) is 122 cm³/mol. The van der Waals surface area contributed by atoms with Crippen LogP contribution in [-0.4, -0.2) is 54.8 Å². The third-order valence-electron chi connectivity index (χ3n) is 6.06. The van der Waals surface area contributed by atoms with E-state index in [0.717, 1.165) is 37.0 Å². The third-order valence-corrected chi connectivity index (χ3v) is 7.18. The minimum Gasteiger partial charge on any atom is -0.487 e. The number of ether oxygens (including phenoxy) is 2. The Labute approximate surface area is 195 Å². The molecule has 1 amide bonds. The van der Waals surface area contributed by atoms with E-state index in [1.165, 1.54) is 6.92 Å². The summed E-state index contributed by atoms with van der Waals surface area (Å²) in [6.07, 6.45) is 3.34. The molecule has 6 nitrogen and oxygen atoms in total. The number of carbonyl (C=O) groups excluding carboxylic acids is 1. The summed E-state index contributed by atoms with van der Waals surface area (Å²) in [7, 11) is 0. The van der Waals surface area contributed by atoms with Gasteiger partial charge >= 0.3 is 0 Å². The summed E-state index contributed by atoms with van der Waals surface area (Å²) in [5.74, 6) is -3.13. The summed E-state index contributed by atoms with van der Waals surface area (Å²) >= 11 is 1.10. The number of aromatic nitrogens is 1. The summed E-state index contributed by atoms with van der Waals surface area (Å²) in [6.45, 7) is 3.95. The molecule has 2 heterocycles. The van der Waals surface area contributed by atoms with Crippen LogP contribution >= 0.6 is 11.3 Å². The van der Waals surface area contributed by atoms with Gasteiger partial charge in [-0.25, -0.2) is 18.2 Å². The van der Waals surface area contributed by atoms with Crippen molar-refractivity contribution in [1.29, 1.82) is 0 Å². The van der Waals surface area contributed by atoms with Crippen molar-refractivity contribution in [2.75, 3.05) is 24.6 Å². The molecule has 0 bridgehead atoms. The van der Waals surface area contributed by atoms with Crippen LogP contribution in [0.15, 0.2) is 12.1 Å². The van der Waals surface area contributed by atoms with Crippen LogP contribution in [0.4, 0.5) is 18.3 Å². The molecule has 4 rings (SSSR count). The molecule has 1 aromatic heterocycles. The topological polar surface area (TPSA) is 63.7 Å². The molecule has 1 atom stereocenters. The van der Waals surface area contributed by atoms with Gasteiger partial charge < -0.3 is 19.7 Å². The number of hydrogen-bond donors (Lipinski definition) is 1. The average Bonchev–Trinajstić information content (AvgIpc) is 3.19. The second-order valence-electron chi connectivity index (χ2n) is 9.05. The number of piperidine rings is 1. The fourth-order valence-electron chi connectivity index (χ4n) is 4.45. The number of halogens is 3. The highest BCUT2D eigenvalue weighted by molar-refractivity contribution is 7.22. The van der Waals surface area contributed by atoms with E-state index in [1.807, 2.05) is 6.92 Å². The highest BCUT2D eigenvalue weighted by atomic mass is 32.1. The summed E-state index contributed by atoms with van der Waals surface area (Å²) in [5.41, 5.74) is 0.458. The fraction of sp³-hybridized carbons (Fsp3) is 0.652. The molecule has 0 radical (unpaired) electrons. The molecule has 1 N–H and O–H groups in total. The molecular weight excluding hydrogens is 455 g/mol. The highest BCUT2D eigenvalue weighted by Gasteiger charge is 2.36. The Balaban J connectivity index is 1.34. The van der Waals surface area contributed by atoms with Gasteiger partial charge in [0, 0.05) is 25.9 Å². The molecule has 2 fully saturated rings. The first kappa shape index (κ1) is 24.1. The number of carbonyl (C=O) groups is 1. The lowest BCUT2D eigenvalue weighted by Crippen LogP contribution is -2.42. The lowest BCUT2D eigenvalue weighted by Gasteiger charge is -2.32. The van der Waals surface area contributed by atoms with E-state index in [4.69, 9.17) is 9.47 Å². The number of nitrogens with zero attached hydrogens (tertiary/aromatic N) is 2. The van der Waals surface area contributed by atoms with Crippen LogP contribution in [-0.2, 0) is 9.53 Å². The summed E-state index contributed by atoms with van der Waals surface area (Å²) < 4.78 is 54.9. The van der Waals surface area contributed by atoms with Gasteiger partial charge in [0.2, 0.25) is 5.91 Å². The normalized spacial score (nSPS) is 24.0. The molecule has 1 aliphatic carbocycles. The van der Waals surface area contributed by atoms with E-state index >= 15 is 4.39 Å². The molecule has 1 saturated carbocycles. The number of fused-ring (bicyclic) bond motifs is 1. The molecule has 1 aliphatic heterocycles. The Hall–Kier alpha value is -2.07. The Morgan fingerprint density at radius 1 is 1.30 bits per heavy atom. The first-order valence-corrected chi connectivity index (χ1v) is 12.3. The smallest absolute Gasteiger partial charge is 0.265 e. The van der Waals surface area contributed by atoms with Gasteiger partial charge in [-0.1, -0.05) is 11.3 Å². The largest absolute Gasteiger partial charge is 0.487 e. The Morgan fingerprint density at radius 2 is 2.03 bits per heavy atom. The van der Waals surface area contributed by atoms with E-state index in [0.29, 0.717) is 34.9 Å². The van der Waals surface area contributed by atoms with Crippen molar-refractivity contribution >= 4 is 32.6 Å². The van der Waals surface area contributed by atoms with Gasteiger partial charge in [0.25, 0.3) is 5.92 Å². The number of benzene rings is 1. The molecule has 0 spiro atoms. The van der Waals surface area contributed by atoms with Crippen molar-refractivity contribution in [2.45, 2.75) is 76.5 Å². The molecule has 2 aromatic rings. The monoisotopic (exact) mass is 485 g/mol. The van der Waals surface area contributed by atoms with E-state index in [2.05, 4.69) is 10.3 Å². The lowest BCUT2D eigenvalue weighted by atomic mass is 9.95. The number of nitrogens with one attached hydrogen (secondary N) is 1. The molecule has 0 unspecified atom stereocenters. The highest BCUT2D eigenvalue weighted by Crippen LogP contribution is 2.38. The van der Waals surface area contributed by atoms with Crippen LogP contribution in [0.3, 0.4) is 0 Å². The number of rotatable bonds is 7. The third kappa shape index (κ3) is 6.09. The van der Waals surface area contributed by atoms with Crippen LogP contribution in [0.25, 0.3) is 10.2 Å². The SMILES string of the molecule is CC(=O)N[C@@H](C)CO[C@H]1CC[C@H](Oc2ccc3nc(N4CCCC(F)(F)C4)sc3c2F)CC1. The Bertz CT molecular complexity index is 979. The molecule has 33 heavy (non-hydrogen) atoms. The average molecular weight is 486 g/mol. The van der Waals surface area contributed by atoms with Crippen molar-refractivity contribution in [3.05, 3.63) is 17.9 Å². The summed E-state index contributed by atoms with van der Waals surface area (Å²) in [4.78, 5) is 17.0. The van der Waals surface area contributed by atoms with Crippen molar-refractivity contribution in [3.8, 4) is 5.75 Å². The van der Waals surface area contributed by atoms with Crippen molar-refractivity contribution in [3.63, 3.8) is 0 Å². The number of thiazole rings is 1. The van der Waals surface area contributed by atoms with Crippen molar-refractivity contribution in [2.24, 2.45) is 0 Å². The maximum absolute atomic E-state index is 15.2. The van der Waals surface area contributed by atoms with E-state index in [1.54, 1.807) is 17.0 Å². The van der Waals surface area contributed by atoms with Crippen LogP contribution in [0.5, 0.6) is 5.75 Å². The zero-order chi connectivity index (χ0) is 23.6. The number of alkyl halides is 2. The van der Waals surface area contributed by atoms with Crippen LogP contribution in [0.1, 0.15) is 52.4 Å². The second kappa shape index (κ2) is 10.0. The molecule has 1 aromatic carbocycles. The molecule has 182 valence electrons. The standard InChI is InChI=1S/C23H30F3N3O3S/c1-14(27-15(2)30)12-31-16-4-6-17(7-5-16)32-19-9-8-18-21(20(19)24)33-22(28-18)29-11-3-10-23(25,26)13-29/h8-9,14,16-17H,3-7,10-13H2,1-2H3,(H,27,30)/t14-,16-,17-/m0/s1.